The van der Waals surface area contributed by atoms with Crippen LogP contribution in [0.1, 0.15) is 25.7 Å². The molecule has 36 heavy (non-hydrogen) atoms. The molecule has 8 nitrogen and oxygen atoms in total. The number of hydrogen-bond donors (Lipinski definition) is 2. The summed E-state index contributed by atoms with van der Waals surface area (Å²) in [6.45, 7) is 3.00. The Morgan fingerprint density at radius 1 is 1.14 bits per heavy atom. The monoisotopic (exact) mass is 551 g/mol. The number of aliphatic hydroxyl groups excluding tert-OH is 1. The van der Waals surface area contributed by atoms with Crippen LogP contribution in [0.2, 0.25) is 10.0 Å². The van der Waals surface area contributed by atoms with Crippen LogP contribution in [0, 0.1) is 0 Å². The Hall–Kier alpha value is -2.04. The number of methoxy groups -OCH3 is 2. The number of thioether (sulfide) groups is 1. The third kappa shape index (κ3) is 5.75. The summed E-state index contributed by atoms with van der Waals surface area (Å²) >= 11 is 14.8. The largest absolute Gasteiger partial charge is 0.495 e. The van der Waals surface area contributed by atoms with Crippen LogP contribution < -0.4 is 14.8 Å². The van der Waals surface area contributed by atoms with Gasteiger partial charge in [-0.3, -0.25) is 4.90 Å². The van der Waals surface area contributed by atoms with E-state index in [9.17, 15) is 5.11 Å². The maximum Gasteiger partial charge on any atom is 0.187 e. The van der Waals surface area contributed by atoms with Crippen LogP contribution in [0.5, 0.6) is 11.5 Å². The lowest BCUT2D eigenvalue weighted by atomic mass is 10.1. The first kappa shape index (κ1) is 27.0. The number of fused-ring (bicyclic) bond motifs is 1. The minimum atomic E-state index is 0.235. The first-order valence-corrected chi connectivity index (χ1v) is 13.9. The summed E-state index contributed by atoms with van der Waals surface area (Å²) < 4.78 is 10.9. The van der Waals surface area contributed by atoms with Gasteiger partial charge in [-0.25, -0.2) is 15.0 Å². The third-order valence-corrected chi connectivity index (χ3v) is 7.74. The number of benzene rings is 1. The minimum absolute atomic E-state index is 0.235. The Morgan fingerprint density at radius 2 is 1.89 bits per heavy atom. The van der Waals surface area contributed by atoms with Crippen molar-refractivity contribution in [3.63, 3.8) is 0 Å². The van der Waals surface area contributed by atoms with Crippen LogP contribution >= 0.6 is 35.0 Å². The van der Waals surface area contributed by atoms with Crippen molar-refractivity contribution in [2.24, 2.45) is 0 Å². The topological polar surface area (TPSA) is 92.6 Å². The standard InChI is InChI=1S/C25H31Cl2N5O3S/c1-34-18-12-19(35-2)22(27)20(21(18)26)17-11-15-13-29-25(36-3)31-23(15)24(30-17)28-8-4-5-9-32-10-6-7-16(32)14-33/h11-13,16,33H,4-10,14H2,1-3H3,(H,28,30). The predicted octanol–water partition coefficient (Wildman–Crippen LogP) is 5.39. The van der Waals surface area contributed by atoms with Crippen molar-refractivity contribution in [2.45, 2.75) is 36.9 Å². The summed E-state index contributed by atoms with van der Waals surface area (Å²) in [7, 11) is 3.09. The summed E-state index contributed by atoms with van der Waals surface area (Å²) in [6.07, 6.45) is 7.94. The smallest absolute Gasteiger partial charge is 0.187 e. The molecule has 2 aromatic heterocycles. The molecule has 0 amide bonds. The molecule has 0 bridgehead atoms. The normalized spacial score (nSPS) is 16.0. The average Bonchev–Trinajstić information content (AvgIpc) is 3.36. The van der Waals surface area contributed by atoms with Crippen molar-refractivity contribution in [3.05, 3.63) is 28.4 Å². The molecule has 1 aliphatic heterocycles. The number of rotatable bonds is 11. The Balaban J connectivity index is 1.62. The van der Waals surface area contributed by atoms with Crippen LogP contribution in [-0.4, -0.2) is 77.7 Å². The first-order chi connectivity index (χ1) is 17.5. The van der Waals surface area contributed by atoms with Gasteiger partial charge in [-0.1, -0.05) is 35.0 Å². The van der Waals surface area contributed by atoms with Crippen molar-refractivity contribution in [3.8, 4) is 22.8 Å². The van der Waals surface area contributed by atoms with E-state index in [1.165, 1.54) is 11.8 Å². The predicted molar refractivity (Wildman–Crippen MR) is 147 cm³/mol. The molecule has 3 aromatic rings. The molecule has 0 spiro atoms. The van der Waals surface area contributed by atoms with Crippen LogP contribution in [0.15, 0.2) is 23.5 Å². The highest BCUT2D eigenvalue weighted by atomic mass is 35.5. The number of unbranched alkanes of at least 4 members (excludes halogenated alkanes) is 1. The van der Waals surface area contributed by atoms with Crippen LogP contribution in [0.4, 0.5) is 5.82 Å². The van der Waals surface area contributed by atoms with Gasteiger partial charge in [0.05, 0.1) is 36.6 Å². The second-order valence-corrected chi connectivity index (χ2v) is 10.1. The van der Waals surface area contributed by atoms with Crippen molar-refractivity contribution < 1.29 is 14.6 Å². The number of ether oxygens (including phenoxy) is 2. The molecule has 11 heteroatoms. The van der Waals surface area contributed by atoms with Crippen molar-refractivity contribution >= 4 is 51.7 Å². The number of anilines is 1. The molecule has 1 unspecified atom stereocenters. The maximum absolute atomic E-state index is 9.55. The quantitative estimate of drug-likeness (QED) is 0.185. The van der Waals surface area contributed by atoms with Gasteiger partial charge in [0.25, 0.3) is 0 Å². The van der Waals surface area contributed by atoms with Crippen LogP contribution in [0.3, 0.4) is 0 Å². The summed E-state index contributed by atoms with van der Waals surface area (Å²) in [5.74, 6) is 1.53. The highest BCUT2D eigenvalue weighted by Gasteiger charge is 2.23. The minimum Gasteiger partial charge on any atom is -0.495 e. The number of aromatic nitrogens is 3. The number of aliphatic hydroxyl groups is 1. The highest BCUT2D eigenvalue weighted by molar-refractivity contribution is 7.98. The van der Waals surface area contributed by atoms with E-state index in [0.29, 0.717) is 49.8 Å². The van der Waals surface area contributed by atoms with Gasteiger partial charge in [0.2, 0.25) is 0 Å². The van der Waals surface area contributed by atoms with Crippen molar-refractivity contribution in [1.29, 1.82) is 0 Å². The van der Waals surface area contributed by atoms with Gasteiger partial charge < -0.3 is 19.9 Å². The molecule has 0 radical (unpaired) electrons. The molecule has 4 rings (SSSR count). The first-order valence-electron chi connectivity index (χ1n) is 11.9. The molecular weight excluding hydrogens is 521 g/mol. The van der Waals surface area contributed by atoms with E-state index in [-0.39, 0.29) is 6.61 Å². The zero-order chi connectivity index (χ0) is 25.7. The molecule has 1 atom stereocenters. The number of hydrogen-bond acceptors (Lipinski definition) is 9. The van der Waals surface area contributed by atoms with E-state index in [4.69, 9.17) is 42.6 Å². The van der Waals surface area contributed by atoms with E-state index in [1.54, 1.807) is 26.5 Å². The summed E-state index contributed by atoms with van der Waals surface area (Å²) in [5.41, 5.74) is 1.83. The number of pyridine rings is 1. The molecule has 0 aliphatic carbocycles. The highest BCUT2D eigenvalue weighted by Crippen LogP contribution is 2.46. The lowest BCUT2D eigenvalue weighted by Gasteiger charge is -2.22. The molecule has 3 heterocycles. The lowest BCUT2D eigenvalue weighted by Crippen LogP contribution is -2.33. The van der Waals surface area contributed by atoms with Gasteiger partial charge in [0.1, 0.15) is 17.0 Å². The molecular formula is C25H31Cl2N5O3S. The van der Waals surface area contributed by atoms with Gasteiger partial charge in [-0.15, -0.1) is 0 Å². The van der Waals surface area contributed by atoms with Gasteiger partial charge in [0, 0.05) is 35.8 Å². The van der Waals surface area contributed by atoms with E-state index >= 15 is 0 Å². The van der Waals surface area contributed by atoms with E-state index < -0.39 is 0 Å². The van der Waals surface area contributed by atoms with Gasteiger partial charge in [-0.05, 0) is 51.1 Å². The third-order valence-electron chi connectivity index (χ3n) is 6.43. The summed E-state index contributed by atoms with van der Waals surface area (Å²) in [4.78, 5) is 16.4. The number of likely N-dealkylation sites (tertiary alicyclic amines) is 1. The van der Waals surface area contributed by atoms with Crippen molar-refractivity contribution in [1.82, 2.24) is 19.9 Å². The lowest BCUT2D eigenvalue weighted by molar-refractivity contribution is 0.157. The van der Waals surface area contributed by atoms with Gasteiger partial charge >= 0.3 is 0 Å². The number of nitrogens with one attached hydrogen (secondary N) is 1. The Labute approximate surface area is 225 Å². The van der Waals surface area contributed by atoms with E-state index in [0.717, 1.165) is 56.2 Å². The van der Waals surface area contributed by atoms with Crippen molar-refractivity contribution in [2.75, 3.05) is 52.0 Å². The Morgan fingerprint density at radius 3 is 2.56 bits per heavy atom. The summed E-state index contributed by atoms with van der Waals surface area (Å²) in [5, 5.41) is 15.2. The maximum atomic E-state index is 9.55. The second kappa shape index (κ2) is 12.5. The molecule has 1 saturated heterocycles. The molecule has 1 aliphatic rings. The van der Waals surface area contributed by atoms with Gasteiger partial charge in [0.15, 0.2) is 11.0 Å². The van der Waals surface area contributed by atoms with E-state index in [2.05, 4.69) is 15.2 Å². The summed E-state index contributed by atoms with van der Waals surface area (Å²) in [6, 6.07) is 3.83. The average molecular weight is 553 g/mol. The molecule has 194 valence electrons. The molecule has 1 aromatic carbocycles. The van der Waals surface area contributed by atoms with E-state index in [1.807, 2.05) is 12.3 Å². The zero-order valence-electron chi connectivity index (χ0n) is 20.7. The molecule has 2 N–H and O–H groups in total. The molecule has 0 saturated carbocycles. The Bertz CT molecular complexity index is 1190. The number of halogens is 2. The fourth-order valence-corrected chi connectivity index (χ4v) is 5.56. The van der Waals surface area contributed by atoms with Gasteiger partial charge in [-0.2, -0.15) is 0 Å². The fraction of sp³-hybridized carbons (Fsp3) is 0.480. The van der Waals surface area contributed by atoms with Crippen LogP contribution in [0.25, 0.3) is 22.2 Å². The number of nitrogens with zero attached hydrogens (tertiary/aromatic N) is 4. The van der Waals surface area contributed by atoms with Crippen LogP contribution in [-0.2, 0) is 0 Å². The SMILES string of the molecule is COc1cc(OC)c(Cl)c(-c2cc3cnc(SC)nc3c(NCCCCN3CCCC3CO)n2)c1Cl. The Kier molecular flexibility index (Phi) is 9.35. The second-order valence-electron chi connectivity index (χ2n) is 8.58. The fourth-order valence-electron chi connectivity index (χ4n) is 4.53. The molecule has 1 fully saturated rings. The zero-order valence-corrected chi connectivity index (χ0v) is 23.0.